The van der Waals surface area contributed by atoms with Gasteiger partial charge in [-0.15, -0.1) is 0 Å². The second-order valence-corrected chi connectivity index (χ2v) is 13.2. The molecular formula is C43H54O8. The van der Waals surface area contributed by atoms with Crippen molar-refractivity contribution in [2.45, 2.75) is 68.6 Å². The molecule has 8 nitrogen and oxygen atoms in total. The first-order valence-electron chi connectivity index (χ1n) is 18.5. The highest BCUT2D eigenvalue weighted by Gasteiger charge is 2.42. The summed E-state index contributed by atoms with van der Waals surface area (Å²) in [6, 6.07) is 32.5. The average Bonchev–Trinajstić information content (AvgIpc) is 3.69. The zero-order valence-electron chi connectivity index (χ0n) is 29.7. The minimum Gasteiger partial charge on any atom is -0.491 e. The lowest BCUT2D eigenvalue weighted by Crippen LogP contribution is -2.32. The Hall–Kier alpha value is -4.08. The zero-order chi connectivity index (χ0) is 35.8. The van der Waals surface area contributed by atoms with Gasteiger partial charge in [0.1, 0.15) is 49.4 Å². The van der Waals surface area contributed by atoms with Gasteiger partial charge in [-0.3, -0.25) is 0 Å². The van der Waals surface area contributed by atoms with Crippen molar-refractivity contribution in [2.75, 3.05) is 52.9 Å². The third-order valence-corrected chi connectivity index (χ3v) is 10.2. The monoisotopic (exact) mass is 698 g/mol. The summed E-state index contributed by atoms with van der Waals surface area (Å²) in [5.41, 5.74) is 4.30. The molecule has 274 valence electrons. The van der Waals surface area contributed by atoms with Crippen molar-refractivity contribution in [3.8, 4) is 23.0 Å². The number of hydrogen-bond acceptors (Lipinski definition) is 8. The number of hydrogen-bond donors (Lipinski definition) is 4. The van der Waals surface area contributed by atoms with Gasteiger partial charge in [0.2, 0.25) is 0 Å². The van der Waals surface area contributed by atoms with E-state index in [0.29, 0.717) is 0 Å². The predicted molar refractivity (Wildman–Crippen MR) is 199 cm³/mol. The molecule has 0 radical (unpaired) electrons. The summed E-state index contributed by atoms with van der Waals surface area (Å²) in [6.45, 7) is 1.14. The lowest BCUT2D eigenvalue weighted by molar-refractivity contribution is 0.192. The van der Waals surface area contributed by atoms with E-state index in [1.807, 2.05) is 60.7 Å². The van der Waals surface area contributed by atoms with Gasteiger partial charge in [0.15, 0.2) is 0 Å². The highest BCUT2D eigenvalue weighted by atomic mass is 16.5. The molecule has 2 aliphatic carbocycles. The Labute approximate surface area is 302 Å². The van der Waals surface area contributed by atoms with Crippen LogP contribution in [0.25, 0.3) is 0 Å². The lowest BCUT2D eigenvalue weighted by Gasteiger charge is -2.40. The van der Waals surface area contributed by atoms with Crippen LogP contribution in [0.4, 0.5) is 0 Å². The van der Waals surface area contributed by atoms with Crippen LogP contribution in [-0.4, -0.2) is 73.3 Å². The molecule has 51 heavy (non-hydrogen) atoms. The van der Waals surface area contributed by atoms with E-state index >= 15 is 0 Å². The van der Waals surface area contributed by atoms with Crippen LogP contribution in [0.1, 0.15) is 80.0 Å². The van der Waals surface area contributed by atoms with E-state index < -0.39 is 0 Å². The van der Waals surface area contributed by atoms with Gasteiger partial charge in [-0.25, -0.2) is 0 Å². The van der Waals surface area contributed by atoms with Crippen LogP contribution in [-0.2, 0) is 10.8 Å². The van der Waals surface area contributed by atoms with E-state index in [9.17, 15) is 10.2 Å². The Morgan fingerprint density at radius 2 is 0.588 bits per heavy atom. The number of aliphatic hydroxyl groups is 4. The van der Waals surface area contributed by atoms with Crippen molar-refractivity contribution in [1.29, 1.82) is 0 Å². The molecule has 4 aromatic rings. The Bertz CT molecular complexity index is 1500. The molecule has 0 aromatic heterocycles. The molecule has 4 aromatic carbocycles. The van der Waals surface area contributed by atoms with Gasteiger partial charge in [-0.1, -0.05) is 105 Å². The van der Waals surface area contributed by atoms with Crippen molar-refractivity contribution in [3.05, 3.63) is 119 Å². The number of para-hydroxylation sites is 4. The number of ether oxygens (including phenoxy) is 4. The van der Waals surface area contributed by atoms with Crippen molar-refractivity contribution in [3.63, 3.8) is 0 Å². The van der Waals surface area contributed by atoms with E-state index in [0.717, 1.165) is 96.6 Å². The first-order chi connectivity index (χ1) is 25.1. The Morgan fingerprint density at radius 1 is 0.353 bits per heavy atom. The van der Waals surface area contributed by atoms with Gasteiger partial charge < -0.3 is 39.4 Å². The molecule has 2 saturated carbocycles. The lowest BCUT2D eigenvalue weighted by atomic mass is 9.65. The second-order valence-electron chi connectivity index (χ2n) is 13.2. The van der Waals surface area contributed by atoms with Crippen molar-refractivity contribution >= 4 is 0 Å². The molecule has 2 aliphatic rings. The molecule has 0 atom stereocenters. The minimum absolute atomic E-state index is 0.00245. The Kier molecular flexibility index (Phi) is 14.6. The van der Waals surface area contributed by atoms with Gasteiger partial charge in [0.25, 0.3) is 0 Å². The van der Waals surface area contributed by atoms with Gasteiger partial charge in [0.05, 0.1) is 26.4 Å². The van der Waals surface area contributed by atoms with Crippen molar-refractivity contribution < 1.29 is 39.4 Å². The van der Waals surface area contributed by atoms with Crippen LogP contribution < -0.4 is 18.9 Å². The molecule has 4 N–H and O–H groups in total. The van der Waals surface area contributed by atoms with E-state index in [-0.39, 0.29) is 63.7 Å². The van der Waals surface area contributed by atoms with Crippen LogP contribution in [0.5, 0.6) is 23.0 Å². The normalized spacial score (nSPS) is 16.1. The van der Waals surface area contributed by atoms with Gasteiger partial charge in [-0.05, 0) is 49.9 Å². The molecule has 8 heteroatoms. The molecule has 6 rings (SSSR count). The van der Waals surface area contributed by atoms with Gasteiger partial charge in [0, 0.05) is 33.1 Å². The van der Waals surface area contributed by atoms with E-state index in [2.05, 4.69) is 36.4 Å². The van der Waals surface area contributed by atoms with Gasteiger partial charge >= 0.3 is 0 Å². The molecule has 0 spiro atoms. The standard InChI is InChI=1S/C22H28O4.C21H26O4/c23-14-16-25-20-10-4-2-8-18(20)22(12-6-1-7-13-22)19-9-3-5-11-21(19)26-17-15-24;22-13-15-24-19-9-3-1-7-17(19)21(11-5-6-12-21)18-8-2-4-10-20(18)25-16-14-23/h2-5,8-11,23-24H,1,6-7,12-17H2;1-4,7-10,22-23H,5-6,11-16H2. The van der Waals surface area contributed by atoms with Crippen molar-refractivity contribution in [2.24, 2.45) is 0 Å². The van der Waals surface area contributed by atoms with Crippen LogP contribution >= 0.6 is 0 Å². The van der Waals surface area contributed by atoms with Crippen LogP contribution in [0.15, 0.2) is 97.1 Å². The summed E-state index contributed by atoms with van der Waals surface area (Å²) in [6.07, 6.45) is 9.99. The molecule has 0 heterocycles. The summed E-state index contributed by atoms with van der Waals surface area (Å²) in [4.78, 5) is 0. The molecule has 0 amide bonds. The quantitative estimate of drug-likeness (QED) is 0.0992. The summed E-state index contributed by atoms with van der Waals surface area (Å²) in [7, 11) is 0. The van der Waals surface area contributed by atoms with Crippen LogP contribution in [0.3, 0.4) is 0 Å². The average molecular weight is 699 g/mol. The summed E-state index contributed by atoms with van der Waals surface area (Å²) < 4.78 is 23.4. The highest BCUT2D eigenvalue weighted by molar-refractivity contribution is 5.54. The maximum atomic E-state index is 9.18. The first-order valence-corrected chi connectivity index (χ1v) is 18.5. The van der Waals surface area contributed by atoms with Gasteiger partial charge in [-0.2, -0.15) is 0 Å². The molecule has 0 saturated heterocycles. The molecule has 0 bridgehead atoms. The number of aliphatic hydroxyl groups excluding tert-OH is 4. The second kappa shape index (κ2) is 19.5. The SMILES string of the molecule is OCCOc1ccccc1C1(c2ccccc2OCCO)CCCC1.OCCOc1ccccc1C1(c2ccccc2OCCO)CCCCC1. The highest BCUT2D eigenvalue weighted by Crippen LogP contribution is 2.52. The first kappa shape index (κ1) is 38.2. The third kappa shape index (κ3) is 9.05. The van der Waals surface area contributed by atoms with Crippen molar-refractivity contribution in [1.82, 2.24) is 0 Å². The van der Waals surface area contributed by atoms with E-state index in [4.69, 9.17) is 29.2 Å². The summed E-state index contributed by atoms with van der Waals surface area (Å²) in [5, 5.41) is 36.6. The topological polar surface area (TPSA) is 118 Å². The fraction of sp³-hybridized carbons (Fsp3) is 0.442. The smallest absolute Gasteiger partial charge is 0.123 e. The Balaban J connectivity index is 0.000000198. The van der Waals surface area contributed by atoms with E-state index in [1.54, 1.807) is 0 Å². The Morgan fingerprint density at radius 3 is 0.843 bits per heavy atom. The molecule has 2 fully saturated rings. The maximum Gasteiger partial charge on any atom is 0.123 e. The maximum absolute atomic E-state index is 9.18. The fourth-order valence-corrected chi connectivity index (χ4v) is 8.08. The molecule has 0 unspecified atom stereocenters. The van der Waals surface area contributed by atoms with Crippen LogP contribution in [0, 0.1) is 0 Å². The summed E-state index contributed by atoms with van der Waals surface area (Å²) >= 11 is 0. The largest absolute Gasteiger partial charge is 0.491 e. The van der Waals surface area contributed by atoms with Crippen LogP contribution in [0.2, 0.25) is 0 Å². The van der Waals surface area contributed by atoms with E-state index in [1.165, 1.54) is 6.42 Å². The minimum atomic E-state index is -0.170. The third-order valence-electron chi connectivity index (χ3n) is 10.2. The number of rotatable bonds is 16. The number of benzene rings is 4. The fourth-order valence-electron chi connectivity index (χ4n) is 8.08. The zero-order valence-corrected chi connectivity index (χ0v) is 29.7. The predicted octanol–water partition coefficient (Wildman–Crippen LogP) is 6.97. The molecule has 0 aliphatic heterocycles. The molecular weight excluding hydrogens is 644 g/mol. The summed E-state index contributed by atoms with van der Waals surface area (Å²) in [5.74, 6) is 3.33.